The SMILES string of the molecule is COCCNc1sc(C2(C(F)(F)F)CCC2)nc1C(=[N-])O/C(N)=N/[C@H]1N=C(c2ccccc2)c2ccccc2NC1=O. The van der Waals surface area contributed by atoms with E-state index >= 15 is 0 Å². The number of nitrogens with zero attached hydrogens (tertiary/aromatic N) is 4. The number of alkyl halides is 3. The van der Waals surface area contributed by atoms with E-state index in [-0.39, 0.29) is 41.7 Å². The molecule has 2 aliphatic rings. The van der Waals surface area contributed by atoms with Crippen molar-refractivity contribution in [2.75, 3.05) is 30.9 Å². The monoisotopic (exact) mass is 598 g/mol. The summed E-state index contributed by atoms with van der Waals surface area (Å²) in [5.41, 5.74) is 6.01. The van der Waals surface area contributed by atoms with Gasteiger partial charge < -0.3 is 31.3 Å². The predicted molar refractivity (Wildman–Crippen MR) is 155 cm³/mol. The zero-order valence-electron chi connectivity index (χ0n) is 22.4. The molecule has 2 aromatic carbocycles. The first kappa shape index (κ1) is 29.2. The Bertz CT molecular complexity index is 1530. The van der Waals surface area contributed by atoms with Gasteiger partial charge in [-0.2, -0.15) is 18.2 Å². The molecule has 220 valence electrons. The van der Waals surface area contributed by atoms with Crippen LogP contribution in [0.15, 0.2) is 64.6 Å². The predicted octanol–water partition coefficient (Wildman–Crippen LogP) is 4.65. The van der Waals surface area contributed by atoms with Crippen molar-refractivity contribution in [2.24, 2.45) is 15.7 Å². The van der Waals surface area contributed by atoms with Gasteiger partial charge in [-0.05, 0) is 18.9 Å². The quantitative estimate of drug-likeness (QED) is 0.196. The highest BCUT2D eigenvalue weighted by molar-refractivity contribution is 7.16. The van der Waals surface area contributed by atoms with Crippen LogP contribution in [0, 0.1) is 0 Å². The highest BCUT2D eigenvalue weighted by Gasteiger charge is 2.61. The van der Waals surface area contributed by atoms with E-state index in [2.05, 4.69) is 25.6 Å². The van der Waals surface area contributed by atoms with Crippen LogP contribution in [0.25, 0.3) is 5.41 Å². The van der Waals surface area contributed by atoms with E-state index in [1.165, 1.54) is 7.11 Å². The molecule has 1 atom stereocenters. The summed E-state index contributed by atoms with van der Waals surface area (Å²) in [6.45, 7) is 0.490. The third-order valence-electron chi connectivity index (χ3n) is 7.00. The number of benzodiazepines with no additional fused rings is 1. The molecule has 1 amide bonds. The van der Waals surface area contributed by atoms with Crippen molar-refractivity contribution >= 4 is 45.6 Å². The van der Waals surface area contributed by atoms with Gasteiger partial charge in [-0.15, -0.1) is 11.3 Å². The van der Waals surface area contributed by atoms with E-state index < -0.39 is 35.6 Å². The number of aliphatic imine (C=N–C) groups is 2. The first-order valence-corrected chi connectivity index (χ1v) is 13.9. The Morgan fingerprint density at radius 2 is 1.93 bits per heavy atom. The molecule has 5 rings (SSSR count). The minimum Gasteiger partial charge on any atom is -0.769 e. The summed E-state index contributed by atoms with van der Waals surface area (Å²) in [5, 5.41) is 16.5. The number of anilines is 2. The molecule has 1 aliphatic carbocycles. The van der Waals surface area contributed by atoms with Gasteiger partial charge in [0.25, 0.3) is 11.9 Å². The van der Waals surface area contributed by atoms with Gasteiger partial charge in [0.15, 0.2) is 0 Å². The number of fused-ring (bicyclic) bond motifs is 1. The molecule has 0 bridgehead atoms. The topological polar surface area (TPSA) is 146 Å². The first-order valence-electron chi connectivity index (χ1n) is 13.0. The maximum atomic E-state index is 14.0. The third-order valence-corrected chi connectivity index (χ3v) is 8.22. The van der Waals surface area contributed by atoms with Crippen LogP contribution in [-0.2, 0) is 19.7 Å². The Morgan fingerprint density at radius 3 is 2.60 bits per heavy atom. The third kappa shape index (κ3) is 5.72. The number of thiazole rings is 1. The van der Waals surface area contributed by atoms with Crippen LogP contribution in [0.2, 0.25) is 0 Å². The smallest absolute Gasteiger partial charge is 0.400 e. The fraction of sp³-hybridized carbons (Fsp3) is 0.321. The highest BCUT2D eigenvalue weighted by atomic mass is 32.1. The van der Waals surface area contributed by atoms with E-state index in [0.29, 0.717) is 23.4 Å². The van der Waals surface area contributed by atoms with Gasteiger partial charge in [-0.3, -0.25) is 4.79 Å². The van der Waals surface area contributed by atoms with Crippen LogP contribution in [0.4, 0.5) is 23.9 Å². The molecule has 0 unspecified atom stereocenters. The maximum absolute atomic E-state index is 14.0. The maximum Gasteiger partial charge on any atom is 0.400 e. The zero-order chi connectivity index (χ0) is 29.9. The molecule has 0 saturated heterocycles. The number of aromatic nitrogens is 1. The molecular weight excluding hydrogens is 571 g/mol. The lowest BCUT2D eigenvalue weighted by molar-refractivity contribution is -0.212. The van der Waals surface area contributed by atoms with Crippen LogP contribution in [0.5, 0.6) is 0 Å². The minimum atomic E-state index is -4.51. The molecule has 4 N–H and O–H groups in total. The van der Waals surface area contributed by atoms with Crippen LogP contribution in [-0.4, -0.2) is 61.1 Å². The van der Waals surface area contributed by atoms with Gasteiger partial charge in [0.05, 0.1) is 18.0 Å². The van der Waals surface area contributed by atoms with Crippen LogP contribution < -0.4 is 16.4 Å². The van der Waals surface area contributed by atoms with Crippen molar-refractivity contribution < 1.29 is 27.4 Å². The average Bonchev–Trinajstić information content (AvgIpc) is 3.28. The molecule has 1 saturated carbocycles. The van der Waals surface area contributed by atoms with Gasteiger partial charge in [-0.1, -0.05) is 55.0 Å². The molecule has 0 radical (unpaired) electrons. The Morgan fingerprint density at radius 1 is 1.21 bits per heavy atom. The second-order valence-electron chi connectivity index (χ2n) is 9.68. The van der Waals surface area contributed by atoms with Crippen LogP contribution >= 0.6 is 11.3 Å². The fourth-order valence-corrected chi connectivity index (χ4v) is 5.91. The number of carbonyl (C=O) groups is 1. The van der Waals surface area contributed by atoms with Crippen LogP contribution in [0.3, 0.4) is 0 Å². The summed E-state index contributed by atoms with van der Waals surface area (Å²) in [5.74, 6) is -1.48. The molecule has 14 heteroatoms. The minimum absolute atomic E-state index is 0.104. The molecule has 1 aliphatic heterocycles. The number of benzene rings is 2. The molecule has 0 spiro atoms. The number of hydrogen-bond acceptors (Lipinski definition) is 8. The van der Waals surface area contributed by atoms with Crippen molar-refractivity contribution in [3.8, 4) is 0 Å². The number of methoxy groups -OCH3 is 1. The van der Waals surface area contributed by atoms with Crippen molar-refractivity contribution in [3.63, 3.8) is 0 Å². The van der Waals surface area contributed by atoms with Crippen molar-refractivity contribution in [3.05, 3.63) is 81.8 Å². The largest absolute Gasteiger partial charge is 0.769 e. The van der Waals surface area contributed by atoms with E-state index in [1.807, 2.05) is 36.4 Å². The zero-order valence-corrected chi connectivity index (χ0v) is 23.3. The molecule has 42 heavy (non-hydrogen) atoms. The number of nitrogens with one attached hydrogen (secondary N) is 2. The molecule has 1 aromatic heterocycles. The summed E-state index contributed by atoms with van der Waals surface area (Å²) in [4.78, 5) is 25.8. The number of rotatable bonds is 8. The second kappa shape index (κ2) is 11.9. The fourth-order valence-electron chi connectivity index (χ4n) is 4.66. The molecule has 2 heterocycles. The molecular formula is C28H27F3N7O3S-. The van der Waals surface area contributed by atoms with E-state index in [4.69, 9.17) is 15.2 Å². The molecule has 1 fully saturated rings. The van der Waals surface area contributed by atoms with Crippen molar-refractivity contribution in [1.82, 2.24) is 4.98 Å². The number of amidine groups is 1. The average molecular weight is 599 g/mol. The second-order valence-corrected chi connectivity index (χ2v) is 10.7. The Hall–Kier alpha value is -4.30. The molecule has 10 nitrogen and oxygen atoms in total. The number of halogens is 3. The van der Waals surface area contributed by atoms with Gasteiger partial charge in [-0.25, -0.2) is 9.98 Å². The first-order chi connectivity index (χ1) is 20.1. The Kier molecular flexibility index (Phi) is 8.27. The normalized spacial score (nSPS) is 18.2. The van der Waals surface area contributed by atoms with E-state index in [1.54, 1.807) is 18.2 Å². The standard InChI is InChI=1S/C28H27F3N7O3S/c1-40-15-14-34-24-20(37-25(42-24)27(12-7-13-27)28(29,30)31)21(32)41-26(33)38-22-23(39)35-18-11-6-5-10-17(18)19(36-22)16-8-3-2-4-9-16/h2-6,8-11,22,34H,7,12-15H2,1H3,(H2,33,38)(H,35,39)/q-1/t22-/m1/s1. The number of carbonyl (C=O) groups excluding carboxylic acids is 1. The number of hydrogen-bond donors (Lipinski definition) is 3. The number of amides is 1. The lowest BCUT2D eigenvalue weighted by Gasteiger charge is -2.41. The van der Waals surface area contributed by atoms with Gasteiger partial charge in [0.2, 0.25) is 6.17 Å². The van der Waals surface area contributed by atoms with Gasteiger partial charge in [0.1, 0.15) is 21.1 Å². The summed E-state index contributed by atoms with van der Waals surface area (Å²) < 4.78 is 52.4. The van der Waals surface area contributed by atoms with Gasteiger partial charge in [0, 0.05) is 30.7 Å². The number of ether oxygens (including phenoxy) is 2. The lowest BCUT2D eigenvalue weighted by Crippen LogP contribution is -2.47. The summed E-state index contributed by atoms with van der Waals surface area (Å²) in [7, 11) is 1.48. The van der Waals surface area contributed by atoms with Crippen molar-refractivity contribution in [2.45, 2.75) is 37.0 Å². The number of nitrogens with two attached hydrogens (primary N) is 1. The summed E-state index contributed by atoms with van der Waals surface area (Å²) in [6.07, 6.45) is -5.71. The van der Waals surface area contributed by atoms with Crippen molar-refractivity contribution in [1.29, 1.82) is 0 Å². The number of para-hydroxylation sites is 1. The van der Waals surface area contributed by atoms with Gasteiger partial charge >= 0.3 is 6.18 Å². The van der Waals surface area contributed by atoms with Crippen LogP contribution in [0.1, 0.15) is 41.1 Å². The molecule has 3 aromatic rings. The van der Waals surface area contributed by atoms with E-state index in [9.17, 15) is 23.4 Å². The lowest BCUT2D eigenvalue weighted by atomic mass is 9.68. The Balaban J connectivity index is 1.44. The van der Waals surface area contributed by atoms with E-state index in [0.717, 1.165) is 16.9 Å². The Labute approximate surface area is 243 Å². The highest BCUT2D eigenvalue weighted by Crippen LogP contribution is 2.56. The summed E-state index contributed by atoms with van der Waals surface area (Å²) >= 11 is 0.779. The summed E-state index contributed by atoms with van der Waals surface area (Å²) in [6, 6.07) is 15.6.